The Morgan fingerprint density at radius 3 is 2.63 bits per heavy atom. The number of hydrogen-bond donors (Lipinski definition) is 2. The van der Waals surface area contributed by atoms with Crippen LogP contribution in [0.25, 0.3) is 0 Å². The zero-order chi connectivity index (χ0) is 25.2. The Morgan fingerprint density at radius 2 is 1.91 bits per heavy atom. The maximum Gasteiger partial charge on any atom is 0.573 e. The lowest BCUT2D eigenvalue weighted by Crippen LogP contribution is -2.60. The van der Waals surface area contributed by atoms with Crippen LogP contribution in [-0.2, 0) is 30.1 Å². The summed E-state index contributed by atoms with van der Waals surface area (Å²) in [5.41, 5.74) is -1.75. The molecule has 5 rings (SSSR count). The minimum atomic E-state index is -4.94. The van der Waals surface area contributed by atoms with Gasteiger partial charge in [0.15, 0.2) is 0 Å². The molecule has 2 spiro atoms. The predicted molar refractivity (Wildman–Crippen MR) is 118 cm³/mol. The molecule has 3 atom stereocenters. The zero-order valence-electron chi connectivity index (χ0n) is 18.9. The van der Waals surface area contributed by atoms with E-state index in [1.807, 2.05) is 0 Å². The molecule has 35 heavy (non-hydrogen) atoms. The molecule has 1 fully saturated rings. The van der Waals surface area contributed by atoms with Crippen molar-refractivity contribution in [2.24, 2.45) is 0 Å². The molecule has 0 aromatic heterocycles. The van der Waals surface area contributed by atoms with Crippen LogP contribution in [0.1, 0.15) is 30.9 Å². The highest BCUT2D eigenvalue weighted by Crippen LogP contribution is 2.61. The number of nitrogens with zero attached hydrogens (tertiary/aromatic N) is 1. The Kier molecular flexibility index (Phi) is 5.10. The summed E-state index contributed by atoms with van der Waals surface area (Å²) >= 11 is 0. The van der Waals surface area contributed by atoms with Crippen molar-refractivity contribution >= 4 is 29.2 Å². The molecule has 2 amide bonds. The van der Waals surface area contributed by atoms with Crippen molar-refractivity contribution in [1.29, 1.82) is 0 Å². The van der Waals surface area contributed by atoms with Crippen LogP contribution in [0.15, 0.2) is 42.5 Å². The van der Waals surface area contributed by atoms with Gasteiger partial charge < -0.3 is 19.7 Å². The van der Waals surface area contributed by atoms with Gasteiger partial charge in [-0.2, -0.15) is 0 Å². The molecule has 2 aromatic rings. The van der Waals surface area contributed by atoms with Crippen LogP contribution >= 0.6 is 0 Å². The second kappa shape index (κ2) is 7.70. The number of ether oxygens (including phenoxy) is 2. The fourth-order valence-corrected chi connectivity index (χ4v) is 5.77. The van der Waals surface area contributed by atoms with E-state index in [0.717, 1.165) is 12.1 Å². The van der Waals surface area contributed by atoms with Crippen LogP contribution < -0.4 is 20.3 Å². The first kappa shape index (κ1) is 23.2. The van der Waals surface area contributed by atoms with Crippen molar-refractivity contribution in [1.82, 2.24) is 5.32 Å². The van der Waals surface area contributed by atoms with E-state index in [4.69, 9.17) is 4.74 Å². The highest BCUT2D eigenvalue weighted by molar-refractivity contribution is 6.18. The Morgan fingerprint density at radius 1 is 1.17 bits per heavy atom. The van der Waals surface area contributed by atoms with E-state index < -0.39 is 46.9 Å². The van der Waals surface area contributed by atoms with E-state index >= 15 is 0 Å². The third-order valence-electron chi connectivity index (χ3n) is 6.95. The van der Waals surface area contributed by atoms with Crippen LogP contribution in [0.2, 0.25) is 0 Å². The van der Waals surface area contributed by atoms with Gasteiger partial charge in [-0.3, -0.25) is 19.7 Å². The van der Waals surface area contributed by atoms with E-state index in [1.54, 1.807) is 31.2 Å². The topological polar surface area (TPSA) is 97.0 Å². The number of hydrogen-bond acceptors (Lipinski definition) is 6. The van der Waals surface area contributed by atoms with Crippen molar-refractivity contribution < 1.29 is 37.0 Å². The highest BCUT2D eigenvalue weighted by Gasteiger charge is 2.73. The molecule has 2 aromatic carbocycles. The molecule has 0 aliphatic carbocycles. The van der Waals surface area contributed by atoms with Gasteiger partial charge in [0.1, 0.15) is 16.7 Å². The van der Waals surface area contributed by atoms with E-state index in [9.17, 15) is 27.6 Å². The fraction of sp³-hybridized carbons (Fsp3) is 0.375. The maximum atomic E-state index is 14.0. The van der Waals surface area contributed by atoms with Crippen molar-refractivity contribution in [2.45, 2.75) is 43.1 Å². The number of esters is 1. The van der Waals surface area contributed by atoms with Crippen LogP contribution in [0.4, 0.5) is 24.5 Å². The molecular weight excluding hydrogens is 467 g/mol. The highest BCUT2D eigenvalue weighted by atomic mass is 19.4. The number of likely N-dealkylation sites (N-methyl/N-ethyl adjacent to an activating group) is 1. The Balaban J connectivity index is 1.73. The molecule has 184 valence electrons. The number of nitrogens with one attached hydrogen (secondary N) is 2. The van der Waals surface area contributed by atoms with Crippen molar-refractivity contribution in [3.8, 4) is 5.75 Å². The third kappa shape index (κ3) is 3.21. The van der Waals surface area contributed by atoms with E-state index in [1.165, 1.54) is 18.0 Å². The van der Waals surface area contributed by atoms with Gasteiger partial charge in [-0.1, -0.05) is 18.2 Å². The van der Waals surface area contributed by atoms with E-state index in [-0.39, 0.29) is 25.0 Å². The first-order valence-corrected chi connectivity index (χ1v) is 11.1. The third-order valence-corrected chi connectivity index (χ3v) is 6.95. The van der Waals surface area contributed by atoms with E-state index in [2.05, 4.69) is 15.4 Å². The number of benzene rings is 2. The number of fused-ring (bicyclic) bond motifs is 5. The minimum Gasteiger partial charge on any atom is -0.466 e. The standard InChI is InChI=1S/C24H22F3N3O5/c1-3-34-19(31)10-13-12-22(15-6-4-5-7-17(15)28-20(22)32)23(29-13)16-11-14(35-24(25,26)27)8-9-18(16)30(2)21(23)33/h4-9,11,13,29H,3,10,12H2,1-2H3,(H,28,32)/t13-,22-,23-/m0/s1. The molecule has 11 heteroatoms. The van der Waals surface area contributed by atoms with Gasteiger partial charge in [0.05, 0.1) is 13.0 Å². The maximum absolute atomic E-state index is 14.0. The summed E-state index contributed by atoms with van der Waals surface area (Å²) in [6.45, 7) is 1.82. The average molecular weight is 489 g/mol. The summed E-state index contributed by atoms with van der Waals surface area (Å²) in [6.07, 6.45) is -5.02. The number of carbonyl (C=O) groups is 3. The molecule has 1 saturated heterocycles. The van der Waals surface area contributed by atoms with Crippen molar-refractivity contribution in [3.63, 3.8) is 0 Å². The van der Waals surface area contributed by atoms with Gasteiger partial charge in [0, 0.05) is 30.0 Å². The quantitative estimate of drug-likeness (QED) is 0.642. The Labute approximate surface area is 198 Å². The molecular formula is C24H22F3N3O5. The average Bonchev–Trinajstić information content (AvgIpc) is 3.34. The summed E-state index contributed by atoms with van der Waals surface area (Å²) in [6, 6.07) is 9.81. The monoisotopic (exact) mass is 489 g/mol. The second-order valence-corrected chi connectivity index (χ2v) is 8.80. The molecule has 3 heterocycles. The molecule has 3 aliphatic rings. The van der Waals surface area contributed by atoms with Crippen molar-refractivity contribution in [2.75, 3.05) is 23.9 Å². The molecule has 0 bridgehead atoms. The SMILES string of the molecule is CCOC(=O)C[C@H]1C[C@]2(C(=O)Nc3ccccc32)[C@@]2(N1)C(=O)N(C)c1ccc(OC(F)(F)F)cc12. The van der Waals surface area contributed by atoms with Crippen LogP contribution in [0, 0.1) is 0 Å². The molecule has 0 radical (unpaired) electrons. The van der Waals surface area contributed by atoms with Crippen LogP contribution in [0.3, 0.4) is 0 Å². The fourth-order valence-electron chi connectivity index (χ4n) is 5.77. The number of halogens is 3. The number of para-hydroxylation sites is 1. The lowest BCUT2D eigenvalue weighted by Gasteiger charge is -2.38. The largest absolute Gasteiger partial charge is 0.573 e. The Bertz CT molecular complexity index is 1250. The van der Waals surface area contributed by atoms with Crippen molar-refractivity contribution in [3.05, 3.63) is 53.6 Å². The predicted octanol–water partition coefficient (Wildman–Crippen LogP) is 2.96. The smallest absolute Gasteiger partial charge is 0.466 e. The summed E-state index contributed by atoms with van der Waals surface area (Å²) < 4.78 is 48.3. The summed E-state index contributed by atoms with van der Waals surface area (Å²) in [5, 5.41) is 6.02. The van der Waals surface area contributed by atoms with Gasteiger partial charge >= 0.3 is 12.3 Å². The second-order valence-electron chi connectivity index (χ2n) is 8.80. The number of alkyl halides is 3. The summed E-state index contributed by atoms with van der Waals surface area (Å²) in [4.78, 5) is 41.3. The first-order chi connectivity index (χ1) is 16.5. The molecule has 8 nitrogen and oxygen atoms in total. The number of rotatable bonds is 4. The lowest BCUT2D eigenvalue weighted by atomic mass is 9.63. The molecule has 3 aliphatic heterocycles. The summed E-state index contributed by atoms with van der Waals surface area (Å²) in [5.74, 6) is -2.03. The van der Waals surface area contributed by atoms with E-state index in [0.29, 0.717) is 16.9 Å². The van der Waals surface area contributed by atoms with Gasteiger partial charge in [-0.05, 0) is 43.2 Å². The van der Waals surface area contributed by atoms with Gasteiger partial charge in [0.2, 0.25) is 5.91 Å². The molecule has 2 N–H and O–H groups in total. The molecule has 0 unspecified atom stereocenters. The number of carbonyl (C=O) groups excluding carboxylic acids is 3. The number of amides is 2. The Hall–Kier alpha value is -3.60. The molecule has 0 saturated carbocycles. The minimum absolute atomic E-state index is 0.0536. The van der Waals surface area contributed by atoms with Gasteiger partial charge in [-0.25, -0.2) is 0 Å². The van der Waals surface area contributed by atoms with Gasteiger partial charge in [0.25, 0.3) is 5.91 Å². The first-order valence-electron chi connectivity index (χ1n) is 11.1. The van der Waals surface area contributed by atoms with Crippen LogP contribution in [0.5, 0.6) is 5.75 Å². The normalized spacial score (nSPS) is 26.8. The lowest BCUT2D eigenvalue weighted by molar-refractivity contribution is -0.274. The van der Waals surface area contributed by atoms with Crippen LogP contribution in [-0.4, -0.2) is 43.8 Å². The summed E-state index contributed by atoms with van der Waals surface area (Å²) in [7, 11) is 1.49. The zero-order valence-corrected chi connectivity index (χ0v) is 18.9. The number of anilines is 2. The van der Waals surface area contributed by atoms with Gasteiger partial charge in [-0.15, -0.1) is 13.2 Å².